The largest absolute Gasteiger partial charge is 0.494 e. The van der Waals surface area contributed by atoms with Crippen molar-refractivity contribution in [2.45, 2.75) is 0 Å². The molecule has 0 saturated carbocycles. The SMILES string of the molecule is CN1CCN(CCO/N=C2/C(c3c(O)[nH]c4ncccc34)=Nc3ccccc32)CC1. The van der Waals surface area contributed by atoms with Crippen LogP contribution in [0.2, 0.25) is 0 Å². The molecule has 3 aromatic rings. The van der Waals surface area contributed by atoms with Crippen LogP contribution in [0.3, 0.4) is 0 Å². The quantitative estimate of drug-likeness (QED) is 0.503. The summed E-state index contributed by atoms with van der Waals surface area (Å²) >= 11 is 0. The van der Waals surface area contributed by atoms with Gasteiger partial charge >= 0.3 is 0 Å². The van der Waals surface area contributed by atoms with Gasteiger partial charge in [-0.05, 0) is 25.2 Å². The van der Waals surface area contributed by atoms with Crippen LogP contribution in [0, 0.1) is 0 Å². The summed E-state index contributed by atoms with van der Waals surface area (Å²) in [6.07, 6.45) is 1.68. The maximum atomic E-state index is 10.6. The van der Waals surface area contributed by atoms with E-state index in [9.17, 15) is 5.11 Å². The van der Waals surface area contributed by atoms with Gasteiger partial charge in [-0.3, -0.25) is 4.90 Å². The number of aromatic hydroxyl groups is 1. The highest BCUT2D eigenvalue weighted by Crippen LogP contribution is 2.35. The summed E-state index contributed by atoms with van der Waals surface area (Å²) in [5.41, 5.74) is 4.13. The Bertz CT molecular complexity index is 1130. The van der Waals surface area contributed by atoms with Gasteiger partial charge in [-0.25, -0.2) is 9.98 Å². The average molecular weight is 404 g/mol. The van der Waals surface area contributed by atoms with E-state index in [0.29, 0.717) is 29.2 Å². The van der Waals surface area contributed by atoms with E-state index >= 15 is 0 Å². The zero-order chi connectivity index (χ0) is 20.5. The lowest BCUT2D eigenvalue weighted by atomic mass is 10.0. The van der Waals surface area contributed by atoms with Crippen molar-refractivity contribution in [2.24, 2.45) is 10.1 Å². The maximum absolute atomic E-state index is 10.6. The van der Waals surface area contributed by atoms with Gasteiger partial charge in [-0.1, -0.05) is 23.4 Å². The molecule has 1 aromatic carbocycles. The first kappa shape index (κ1) is 18.8. The highest BCUT2D eigenvalue weighted by Gasteiger charge is 2.29. The number of H-pyrrole nitrogens is 1. The molecule has 0 bridgehead atoms. The van der Waals surface area contributed by atoms with Gasteiger partial charge in [0.1, 0.15) is 23.7 Å². The minimum Gasteiger partial charge on any atom is -0.494 e. The zero-order valence-electron chi connectivity index (χ0n) is 16.9. The fourth-order valence-electron chi connectivity index (χ4n) is 3.94. The second-order valence-corrected chi connectivity index (χ2v) is 7.64. The van der Waals surface area contributed by atoms with E-state index < -0.39 is 0 Å². The molecule has 8 heteroatoms. The van der Waals surface area contributed by atoms with Crippen LogP contribution in [0.1, 0.15) is 11.1 Å². The fraction of sp³-hybridized carbons (Fsp3) is 0.318. The smallest absolute Gasteiger partial charge is 0.200 e. The van der Waals surface area contributed by atoms with E-state index in [1.807, 2.05) is 36.4 Å². The van der Waals surface area contributed by atoms with Gasteiger partial charge in [0.25, 0.3) is 0 Å². The first-order valence-electron chi connectivity index (χ1n) is 10.2. The molecule has 4 heterocycles. The Balaban J connectivity index is 1.41. The highest BCUT2D eigenvalue weighted by molar-refractivity contribution is 6.58. The Morgan fingerprint density at radius 2 is 1.97 bits per heavy atom. The molecule has 154 valence electrons. The standard InChI is InChI=1S/C22H24N6O2/c1-27-9-11-28(12-10-27)13-14-30-26-19-15-5-2-3-7-17(15)24-20(19)18-16-6-4-8-23-21(16)25-22(18)29/h2-8,29H,9-14H2,1H3,(H,23,25)/b26-19+. The predicted octanol–water partition coefficient (Wildman–Crippen LogP) is 2.37. The number of aromatic amines is 1. The molecule has 30 heavy (non-hydrogen) atoms. The lowest BCUT2D eigenvalue weighted by Gasteiger charge is -2.31. The van der Waals surface area contributed by atoms with Crippen LogP contribution in [-0.4, -0.2) is 82.7 Å². The molecule has 2 aliphatic heterocycles. The molecule has 1 fully saturated rings. The number of hydrogen-bond donors (Lipinski definition) is 2. The predicted molar refractivity (Wildman–Crippen MR) is 117 cm³/mol. The van der Waals surface area contributed by atoms with Crippen molar-refractivity contribution in [3.63, 3.8) is 0 Å². The summed E-state index contributed by atoms with van der Waals surface area (Å²) < 4.78 is 0. The average Bonchev–Trinajstić information content (AvgIpc) is 3.28. The number of aromatic nitrogens is 2. The van der Waals surface area contributed by atoms with E-state index in [0.717, 1.165) is 49.4 Å². The molecule has 8 nitrogen and oxygen atoms in total. The molecule has 0 atom stereocenters. The first-order valence-corrected chi connectivity index (χ1v) is 10.2. The minimum absolute atomic E-state index is 0.0281. The number of piperazine rings is 1. The van der Waals surface area contributed by atoms with Crippen molar-refractivity contribution in [3.8, 4) is 5.88 Å². The third-order valence-corrected chi connectivity index (χ3v) is 5.65. The van der Waals surface area contributed by atoms with Crippen LogP contribution in [-0.2, 0) is 4.84 Å². The van der Waals surface area contributed by atoms with Crippen LogP contribution < -0.4 is 0 Å². The molecular formula is C22H24N6O2. The molecule has 2 aromatic heterocycles. The van der Waals surface area contributed by atoms with Gasteiger partial charge in [-0.15, -0.1) is 0 Å². The van der Waals surface area contributed by atoms with Crippen molar-refractivity contribution < 1.29 is 9.94 Å². The third-order valence-electron chi connectivity index (χ3n) is 5.65. The first-order chi connectivity index (χ1) is 14.7. The van der Waals surface area contributed by atoms with Gasteiger partial charge in [-0.2, -0.15) is 0 Å². The number of nitrogens with one attached hydrogen (secondary N) is 1. The second kappa shape index (κ2) is 7.89. The number of hydrogen-bond acceptors (Lipinski definition) is 7. The Kier molecular flexibility index (Phi) is 4.94. The highest BCUT2D eigenvalue weighted by atomic mass is 16.6. The lowest BCUT2D eigenvalue weighted by Crippen LogP contribution is -2.45. The van der Waals surface area contributed by atoms with Gasteiger partial charge in [0, 0.05) is 49.9 Å². The number of benzene rings is 1. The summed E-state index contributed by atoms with van der Waals surface area (Å²) in [5, 5.41) is 15.8. The van der Waals surface area contributed by atoms with E-state index in [-0.39, 0.29) is 5.88 Å². The lowest BCUT2D eigenvalue weighted by molar-refractivity contribution is 0.0864. The number of nitrogens with zero attached hydrogens (tertiary/aromatic N) is 5. The molecule has 1 saturated heterocycles. The fourth-order valence-corrected chi connectivity index (χ4v) is 3.94. The normalized spacial score (nSPS) is 18.7. The van der Waals surface area contributed by atoms with E-state index in [1.165, 1.54) is 0 Å². The molecule has 0 spiro atoms. The monoisotopic (exact) mass is 404 g/mol. The van der Waals surface area contributed by atoms with Crippen LogP contribution >= 0.6 is 0 Å². The summed E-state index contributed by atoms with van der Waals surface area (Å²) in [6.45, 7) is 5.58. The molecule has 5 rings (SSSR count). The van der Waals surface area contributed by atoms with Crippen LogP contribution in [0.25, 0.3) is 11.0 Å². The summed E-state index contributed by atoms with van der Waals surface area (Å²) in [6, 6.07) is 11.5. The molecular weight excluding hydrogens is 380 g/mol. The molecule has 0 radical (unpaired) electrons. The topological polar surface area (TPSA) is 89.3 Å². The number of aliphatic imine (C=N–C) groups is 1. The van der Waals surface area contributed by atoms with E-state index in [4.69, 9.17) is 9.83 Å². The Labute approximate surface area is 174 Å². The summed E-state index contributed by atoms with van der Waals surface area (Å²) in [4.78, 5) is 22.4. The molecule has 0 unspecified atom stereocenters. The summed E-state index contributed by atoms with van der Waals surface area (Å²) in [5.74, 6) is 0.0281. The Hall–Kier alpha value is -3.23. The Morgan fingerprint density at radius 1 is 1.13 bits per heavy atom. The number of likely N-dealkylation sites (N-methyl/N-ethyl adjacent to an activating group) is 1. The molecule has 2 aliphatic rings. The van der Waals surface area contributed by atoms with Gasteiger partial charge in [0.05, 0.1) is 11.3 Å². The Morgan fingerprint density at radius 3 is 2.83 bits per heavy atom. The number of fused-ring (bicyclic) bond motifs is 2. The van der Waals surface area contributed by atoms with Gasteiger partial charge in [0.2, 0.25) is 0 Å². The zero-order valence-corrected chi connectivity index (χ0v) is 16.9. The van der Waals surface area contributed by atoms with Gasteiger partial charge in [0.15, 0.2) is 5.88 Å². The molecule has 0 aliphatic carbocycles. The van der Waals surface area contributed by atoms with Crippen molar-refractivity contribution in [1.29, 1.82) is 0 Å². The van der Waals surface area contributed by atoms with Crippen molar-refractivity contribution in [3.05, 3.63) is 53.7 Å². The van der Waals surface area contributed by atoms with Crippen LogP contribution in [0.5, 0.6) is 5.88 Å². The van der Waals surface area contributed by atoms with Gasteiger partial charge < -0.3 is 19.8 Å². The third kappa shape index (κ3) is 3.44. The van der Waals surface area contributed by atoms with Crippen molar-refractivity contribution >= 4 is 28.1 Å². The number of para-hydroxylation sites is 1. The van der Waals surface area contributed by atoms with E-state index in [2.05, 4.69) is 32.0 Å². The van der Waals surface area contributed by atoms with Crippen LogP contribution in [0.15, 0.2) is 52.7 Å². The maximum Gasteiger partial charge on any atom is 0.200 e. The van der Waals surface area contributed by atoms with Crippen LogP contribution in [0.4, 0.5) is 5.69 Å². The summed E-state index contributed by atoms with van der Waals surface area (Å²) in [7, 11) is 2.15. The van der Waals surface area contributed by atoms with Crippen molar-refractivity contribution in [2.75, 3.05) is 46.4 Å². The van der Waals surface area contributed by atoms with E-state index in [1.54, 1.807) is 6.20 Å². The van der Waals surface area contributed by atoms with Crippen molar-refractivity contribution in [1.82, 2.24) is 19.8 Å². The molecule has 2 N–H and O–H groups in total. The number of oxime groups is 1. The number of pyridine rings is 1. The molecule has 0 amide bonds. The second-order valence-electron chi connectivity index (χ2n) is 7.64. The number of rotatable bonds is 5. The minimum atomic E-state index is 0.0281.